The van der Waals surface area contributed by atoms with Crippen molar-refractivity contribution in [3.05, 3.63) is 34.9 Å². The third-order valence-corrected chi connectivity index (χ3v) is 3.59. The van der Waals surface area contributed by atoms with Gasteiger partial charge in [-0.15, -0.1) is 12.4 Å². The van der Waals surface area contributed by atoms with Crippen LogP contribution in [0.1, 0.15) is 44.0 Å². The van der Waals surface area contributed by atoms with E-state index in [1.54, 1.807) is 24.3 Å². The van der Waals surface area contributed by atoms with E-state index in [4.69, 9.17) is 17.3 Å². The zero-order chi connectivity index (χ0) is 17.4. The number of carbonyl (C=O) groups excluding carboxylic acids is 2. The highest BCUT2D eigenvalue weighted by Gasteiger charge is 2.22. The predicted octanol–water partition coefficient (Wildman–Crippen LogP) is 2.76. The number of benzene rings is 1. The van der Waals surface area contributed by atoms with Gasteiger partial charge in [0.1, 0.15) is 6.04 Å². The molecule has 0 bridgehead atoms. The van der Waals surface area contributed by atoms with Gasteiger partial charge in [-0.05, 0) is 49.9 Å². The summed E-state index contributed by atoms with van der Waals surface area (Å²) in [5, 5.41) is 6.19. The van der Waals surface area contributed by atoms with Gasteiger partial charge in [0, 0.05) is 23.2 Å². The van der Waals surface area contributed by atoms with E-state index in [9.17, 15) is 9.59 Å². The fraction of sp³-hybridized carbons (Fsp3) is 0.529. The third-order valence-electron chi connectivity index (χ3n) is 3.33. The van der Waals surface area contributed by atoms with E-state index < -0.39 is 6.04 Å². The van der Waals surface area contributed by atoms with Crippen LogP contribution in [0, 0.1) is 5.92 Å². The minimum absolute atomic E-state index is 0. The largest absolute Gasteiger partial charge is 0.354 e. The van der Waals surface area contributed by atoms with Crippen molar-refractivity contribution < 1.29 is 9.59 Å². The molecule has 4 N–H and O–H groups in total. The average Bonchev–Trinajstić information content (AvgIpc) is 2.46. The van der Waals surface area contributed by atoms with Gasteiger partial charge in [0.2, 0.25) is 5.91 Å². The summed E-state index contributed by atoms with van der Waals surface area (Å²) in [7, 11) is 0. The molecule has 7 heteroatoms. The Morgan fingerprint density at radius 3 is 2.25 bits per heavy atom. The lowest BCUT2D eigenvalue weighted by Crippen LogP contribution is -2.48. The van der Waals surface area contributed by atoms with Crippen molar-refractivity contribution in [1.29, 1.82) is 0 Å². The van der Waals surface area contributed by atoms with E-state index in [-0.39, 0.29) is 36.2 Å². The standard InChI is InChI=1S/C17H26ClN3O2.ClH/c1-11(2)10-15(17(23)20-9-8-12(3)19)21-16(22)13-4-6-14(18)7-5-13;/h4-7,11-12,15H,8-10,19H2,1-3H3,(H,20,23)(H,21,22);1H. The summed E-state index contributed by atoms with van der Waals surface area (Å²) in [4.78, 5) is 24.6. The molecular formula is C17H27Cl2N3O2. The number of nitrogens with one attached hydrogen (secondary N) is 2. The Bertz CT molecular complexity index is 519. The molecule has 0 spiro atoms. The molecule has 1 rings (SSSR count). The molecule has 5 nitrogen and oxygen atoms in total. The Hall–Kier alpha value is -1.30. The molecule has 0 saturated heterocycles. The molecule has 0 radical (unpaired) electrons. The fourth-order valence-electron chi connectivity index (χ4n) is 2.09. The molecule has 0 aliphatic rings. The molecule has 0 aliphatic heterocycles. The molecule has 2 atom stereocenters. The van der Waals surface area contributed by atoms with Crippen LogP contribution in [0.15, 0.2) is 24.3 Å². The van der Waals surface area contributed by atoms with Crippen molar-refractivity contribution in [3.63, 3.8) is 0 Å². The molecule has 0 fully saturated rings. The lowest BCUT2D eigenvalue weighted by atomic mass is 10.0. The van der Waals surface area contributed by atoms with Crippen LogP contribution < -0.4 is 16.4 Å². The normalized spacial score (nSPS) is 12.9. The van der Waals surface area contributed by atoms with Crippen LogP contribution in [0.3, 0.4) is 0 Å². The Balaban J connectivity index is 0.00000529. The van der Waals surface area contributed by atoms with Gasteiger partial charge in [0.05, 0.1) is 0 Å². The van der Waals surface area contributed by atoms with E-state index in [1.165, 1.54) is 0 Å². The zero-order valence-corrected chi connectivity index (χ0v) is 15.9. The molecule has 0 aliphatic carbocycles. The van der Waals surface area contributed by atoms with Crippen LogP contribution in [0.2, 0.25) is 5.02 Å². The molecular weight excluding hydrogens is 349 g/mol. The summed E-state index contributed by atoms with van der Waals surface area (Å²) < 4.78 is 0. The summed E-state index contributed by atoms with van der Waals surface area (Å²) >= 11 is 5.82. The second-order valence-corrected chi connectivity index (χ2v) is 6.66. The monoisotopic (exact) mass is 375 g/mol. The molecule has 2 unspecified atom stereocenters. The lowest BCUT2D eigenvalue weighted by molar-refractivity contribution is -0.123. The van der Waals surface area contributed by atoms with Crippen LogP contribution in [0.4, 0.5) is 0 Å². The maximum Gasteiger partial charge on any atom is 0.251 e. The van der Waals surface area contributed by atoms with E-state index in [0.29, 0.717) is 30.0 Å². The predicted molar refractivity (Wildman–Crippen MR) is 101 cm³/mol. The van der Waals surface area contributed by atoms with Gasteiger partial charge in [0.15, 0.2) is 0 Å². The van der Waals surface area contributed by atoms with Gasteiger partial charge in [0.25, 0.3) is 5.91 Å². The molecule has 1 aromatic rings. The number of hydrogen-bond donors (Lipinski definition) is 3. The van der Waals surface area contributed by atoms with Gasteiger partial charge >= 0.3 is 0 Å². The summed E-state index contributed by atoms with van der Waals surface area (Å²) in [6.07, 6.45) is 1.27. The molecule has 0 aromatic heterocycles. The summed E-state index contributed by atoms with van der Waals surface area (Å²) in [6, 6.07) is 6.04. The van der Waals surface area contributed by atoms with Crippen molar-refractivity contribution in [2.45, 2.75) is 45.7 Å². The smallest absolute Gasteiger partial charge is 0.251 e. The van der Waals surface area contributed by atoms with Crippen molar-refractivity contribution in [2.75, 3.05) is 6.54 Å². The number of hydrogen-bond acceptors (Lipinski definition) is 3. The zero-order valence-electron chi connectivity index (χ0n) is 14.3. The van der Waals surface area contributed by atoms with Gasteiger partial charge in [-0.1, -0.05) is 25.4 Å². The highest BCUT2D eigenvalue weighted by molar-refractivity contribution is 6.30. The highest BCUT2D eigenvalue weighted by atomic mass is 35.5. The number of amides is 2. The average molecular weight is 376 g/mol. The van der Waals surface area contributed by atoms with Crippen molar-refractivity contribution >= 4 is 35.8 Å². The highest BCUT2D eigenvalue weighted by Crippen LogP contribution is 2.11. The molecule has 24 heavy (non-hydrogen) atoms. The molecule has 136 valence electrons. The van der Waals surface area contributed by atoms with E-state index in [1.807, 2.05) is 20.8 Å². The number of nitrogens with two attached hydrogens (primary N) is 1. The van der Waals surface area contributed by atoms with Gasteiger partial charge in [-0.3, -0.25) is 9.59 Å². The molecule has 0 heterocycles. The minimum Gasteiger partial charge on any atom is -0.354 e. The van der Waals surface area contributed by atoms with Crippen LogP contribution in [-0.2, 0) is 4.79 Å². The SMILES string of the molecule is CC(C)CC(NC(=O)c1ccc(Cl)cc1)C(=O)NCCC(C)N.Cl. The summed E-state index contributed by atoms with van der Waals surface area (Å²) in [6.45, 7) is 6.41. The first kappa shape index (κ1) is 22.7. The second-order valence-electron chi connectivity index (χ2n) is 6.22. The third kappa shape index (κ3) is 8.52. The first-order valence-corrected chi connectivity index (χ1v) is 8.27. The maximum absolute atomic E-state index is 12.3. The Kier molecular flexibility index (Phi) is 10.7. The van der Waals surface area contributed by atoms with Crippen molar-refractivity contribution in [3.8, 4) is 0 Å². The first-order chi connectivity index (χ1) is 10.8. The minimum atomic E-state index is -0.564. The second kappa shape index (κ2) is 11.3. The molecule has 2 amide bonds. The molecule has 0 saturated carbocycles. The van der Waals surface area contributed by atoms with Gasteiger partial charge in [-0.2, -0.15) is 0 Å². The Morgan fingerprint density at radius 2 is 1.75 bits per heavy atom. The van der Waals surface area contributed by atoms with Gasteiger partial charge < -0.3 is 16.4 Å². The Morgan fingerprint density at radius 1 is 1.17 bits per heavy atom. The number of halogens is 2. The fourth-order valence-corrected chi connectivity index (χ4v) is 2.22. The van der Waals surface area contributed by atoms with Crippen LogP contribution in [0.5, 0.6) is 0 Å². The number of rotatable bonds is 8. The van der Waals surface area contributed by atoms with Gasteiger partial charge in [-0.25, -0.2) is 0 Å². The quantitative estimate of drug-likeness (QED) is 0.652. The van der Waals surface area contributed by atoms with Crippen molar-refractivity contribution in [2.24, 2.45) is 11.7 Å². The maximum atomic E-state index is 12.3. The summed E-state index contributed by atoms with van der Waals surface area (Å²) in [5.41, 5.74) is 6.15. The molecule has 1 aromatic carbocycles. The lowest BCUT2D eigenvalue weighted by Gasteiger charge is -2.20. The topological polar surface area (TPSA) is 84.2 Å². The van der Waals surface area contributed by atoms with E-state index in [0.717, 1.165) is 0 Å². The number of carbonyl (C=O) groups is 2. The van der Waals surface area contributed by atoms with Crippen LogP contribution >= 0.6 is 24.0 Å². The van der Waals surface area contributed by atoms with Crippen LogP contribution in [-0.4, -0.2) is 30.4 Å². The van der Waals surface area contributed by atoms with Crippen molar-refractivity contribution in [1.82, 2.24) is 10.6 Å². The van der Waals surface area contributed by atoms with E-state index in [2.05, 4.69) is 10.6 Å². The van der Waals surface area contributed by atoms with Crippen LogP contribution in [0.25, 0.3) is 0 Å². The summed E-state index contributed by atoms with van der Waals surface area (Å²) in [5.74, 6) is -0.180. The Labute approximate surface area is 155 Å². The van der Waals surface area contributed by atoms with E-state index >= 15 is 0 Å². The first-order valence-electron chi connectivity index (χ1n) is 7.89.